The fourth-order valence-corrected chi connectivity index (χ4v) is 4.43. The molecule has 3 rings (SSSR count). The Hall–Kier alpha value is -2.63. The van der Waals surface area contributed by atoms with Crippen LogP contribution in [0.25, 0.3) is 6.08 Å². The van der Waals surface area contributed by atoms with Crippen molar-refractivity contribution in [2.75, 3.05) is 5.32 Å². The smallest absolute Gasteiger partial charge is 0.272 e. The molecule has 2 heterocycles. The number of aromatic nitrogens is 1. The Kier molecular flexibility index (Phi) is 5.08. The average molecular weight is 414 g/mol. The highest BCUT2D eigenvalue weighted by Gasteiger charge is 2.29. The summed E-state index contributed by atoms with van der Waals surface area (Å²) >= 11 is 0. The van der Waals surface area contributed by atoms with Gasteiger partial charge in [-0.2, -0.15) is 0 Å². The Labute approximate surface area is 159 Å². The maximum Gasteiger partial charge on any atom is 0.272 e. The highest BCUT2D eigenvalue weighted by atomic mass is 32.2. The molecule has 4 N–H and O–H groups in total. The topological polar surface area (TPSA) is 107 Å². The molecule has 0 saturated heterocycles. The molecule has 28 heavy (non-hydrogen) atoms. The summed E-state index contributed by atoms with van der Waals surface area (Å²) in [5.41, 5.74) is -0.163. The van der Waals surface area contributed by atoms with Gasteiger partial charge in [0.15, 0.2) is 17.5 Å². The minimum Gasteiger partial charge on any atom is -0.391 e. The highest BCUT2D eigenvalue weighted by Crippen LogP contribution is 2.28. The van der Waals surface area contributed by atoms with E-state index >= 15 is 0 Å². The number of aryl methyl sites for hydroxylation is 1. The van der Waals surface area contributed by atoms with Crippen LogP contribution in [0.2, 0.25) is 0 Å². The average Bonchev–Trinajstić information content (AvgIpc) is 2.87. The fraction of sp³-hybridized carbons (Fsp3) is 0.235. The van der Waals surface area contributed by atoms with E-state index in [0.29, 0.717) is 12.1 Å². The number of nitrogens with zero attached hydrogens (tertiary/aromatic N) is 1. The zero-order chi connectivity index (χ0) is 20.8. The second-order valence-electron chi connectivity index (χ2n) is 6.37. The number of anilines is 1. The first kappa shape index (κ1) is 20.1. The molecule has 1 amide bonds. The van der Waals surface area contributed by atoms with Crippen molar-refractivity contribution in [3.63, 3.8) is 0 Å². The Morgan fingerprint density at radius 3 is 2.54 bits per heavy atom. The first-order valence-electron chi connectivity index (χ1n) is 8.09. The maximum atomic E-state index is 13.4. The first-order chi connectivity index (χ1) is 13.0. The van der Waals surface area contributed by atoms with Crippen molar-refractivity contribution in [1.29, 1.82) is 4.78 Å². The molecule has 0 spiro atoms. The van der Waals surface area contributed by atoms with Crippen molar-refractivity contribution < 1.29 is 27.3 Å². The standard InChI is InChI=1S/C17H17F3N4O3S/c1-8(25)13-4-3-10-14(28(21,27)23-13)7-24(2)16(10)17(26)22-9-5-11(18)15(20)12(19)6-9/h3-8,13,25H,1-2H3,(H,22,26)(H2,21,23,27)/t8-,13+,28?/m0/s1. The second kappa shape index (κ2) is 7.08. The van der Waals surface area contributed by atoms with Gasteiger partial charge in [-0.15, -0.1) is 0 Å². The summed E-state index contributed by atoms with van der Waals surface area (Å²) in [6, 6.07) is 0.484. The number of aliphatic hydroxyl groups is 1. The van der Waals surface area contributed by atoms with E-state index in [1.165, 1.54) is 36.9 Å². The van der Waals surface area contributed by atoms with Crippen molar-refractivity contribution in [2.24, 2.45) is 7.05 Å². The van der Waals surface area contributed by atoms with Gasteiger partial charge in [-0.05, 0) is 6.92 Å². The van der Waals surface area contributed by atoms with Crippen LogP contribution < -0.4 is 10.0 Å². The van der Waals surface area contributed by atoms with Crippen LogP contribution in [0.5, 0.6) is 0 Å². The van der Waals surface area contributed by atoms with Crippen LogP contribution in [-0.4, -0.2) is 31.9 Å². The molecule has 2 aromatic rings. The molecule has 11 heteroatoms. The lowest BCUT2D eigenvalue weighted by Crippen LogP contribution is -2.39. The fourth-order valence-electron chi connectivity index (χ4n) is 2.86. The summed E-state index contributed by atoms with van der Waals surface area (Å²) < 4.78 is 64.6. The molecular formula is C17H17F3N4O3S. The van der Waals surface area contributed by atoms with Crippen LogP contribution in [0.15, 0.2) is 29.3 Å². The van der Waals surface area contributed by atoms with Crippen molar-refractivity contribution in [3.8, 4) is 0 Å². The van der Waals surface area contributed by atoms with Crippen LogP contribution in [0, 0.1) is 22.2 Å². The lowest BCUT2D eigenvalue weighted by atomic mass is 10.1. The number of hydrogen-bond donors (Lipinski definition) is 4. The van der Waals surface area contributed by atoms with E-state index in [-0.39, 0.29) is 21.8 Å². The molecule has 0 aliphatic carbocycles. The van der Waals surface area contributed by atoms with Gasteiger partial charge >= 0.3 is 0 Å². The number of halogens is 3. The summed E-state index contributed by atoms with van der Waals surface area (Å²) in [6.07, 6.45) is 3.30. The summed E-state index contributed by atoms with van der Waals surface area (Å²) in [4.78, 5) is 12.7. The van der Waals surface area contributed by atoms with Crippen molar-refractivity contribution >= 4 is 27.6 Å². The summed E-state index contributed by atoms with van der Waals surface area (Å²) in [5.74, 6) is -5.37. The molecule has 150 valence electrons. The molecule has 3 atom stereocenters. The molecular weight excluding hydrogens is 397 g/mol. The van der Waals surface area contributed by atoms with Gasteiger partial charge in [0.1, 0.15) is 15.6 Å². The van der Waals surface area contributed by atoms with Crippen LogP contribution in [0.3, 0.4) is 0 Å². The summed E-state index contributed by atoms with van der Waals surface area (Å²) in [7, 11) is -2.07. The third-order valence-electron chi connectivity index (χ3n) is 4.24. The molecule has 1 aliphatic heterocycles. The largest absolute Gasteiger partial charge is 0.391 e. The number of carbonyl (C=O) groups is 1. The van der Waals surface area contributed by atoms with Crippen LogP contribution in [0.1, 0.15) is 23.0 Å². The number of amides is 1. The number of carbonyl (C=O) groups excluding carboxylic acids is 1. The lowest BCUT2D eigenvalue weighted by molar-refractivity contribution is 0.101. The van der Waals surface area contributed by atoms with Gasteiger partial charge in [0.2, 0.25) is 0 Å². The minimum absolute atomic E-state index is 0.0237. The Morgan fingerprint density at radius 1 is 1.36 bits per heavy atom. The molecule has 0 bridgehead atoms. The monoisotopic (exact) mass is 414 g/mol. The molecule has 7 nitrogen and oxygen atoms in total. The number of rotatable bonds is 3. The molecule has 1 aromatic carbocycles. The maximum absolute atomic E-state index is 13.4. The van der Waals surface area contributed by atoms with E-state index in [1.807, 2.05) is 0 Å². The number of benzene rings is 1. The Balaban J connectivity index is 2.04. The van der Waals surface area contributed by atoms with Gasteiger partial charge in [0.05, 0.1) is 17.0 Å². The van der Waals surface area contributed by atoms with Crippen LogP contribution >= 0.6 is 0 Å². The van der Waals surface area contributed by atoms with E-state index in [2.05, 4.69) is 10.0 Å². The first-order valence-corrected chi connectivity index (χ1v) is 9.64. The van der Waals surface area contributed by atoms with Crippen molar-refractivity contribution in [1.82, 2.24) is 9.29 Å². The third-order valence-corrected chi connectivity index (χ3v) is 5.79. The van der Waals surface area contributed by atoms with Crippen LogP contribution in [-0.2, 0) is 17.0 Å². The van der Waals surface area contributed by atoms with E-state index < -0.39 is 45.4 Å². The van der Waals surface area contributed by atoms with Gasteiger partial charge in [-0.3, -0.25) is 4.79 Å². The van der Waals surface area contributed by atoms with E-state index in [4.69, 9.17) is 4.78 Å². The molecule has 0 saturated carbocycles. The van der Waals surface area contributed by atoms with Gasteiger partial charge in [-0.25, -0.2) is 26.9 Å². The minimum atomic E-state index is -3.54. The normalized spacial score (nSPS) is 22.4. The molecule has 0 fully saturated rings. The van der Waals surface area contributed by atoms with Gasteiger partial charge < -0.3 is 15.0 Å². The summed E-state index contributed by atoms with van der Waals surface area (Å²) in [5, 5.41) is 12.0. The Bertz CT molecular complexity index is 1070. The highest BCUT2D eigenvalue weighted by molar-refractivity contribution is 7.90. The number of fused-ring (bicyclic) bond motifs is 1. The lowest BCUT2D eigenvalue weighted by Gasteiger charge is -2.17. The summed E-state index contributed by atoms with van der Waals surface area (Å²) in [6.45, 7) is 1.46. The second-order valence-corrected chi connectivity index (χ2v) is 8.16. The molecule has 0 radical (unpaired) electrons. The van der Waals surface area contributed by atoms with Gasteiger partial charge in [-0.1, -0.05) is 12.2 Å². The SMILES string of the molecule is C[C@H](O)[C@H]1C=Cc2c(cn(C)c2C(=O)Nc2cc(F)c(F)c(F)c2)S(=N)(=O)N1. The molecule has 1 aliphatic rings. The van der Waals surface area contributed by atoms with E-state index in [1.54, 1.807) is 0 Å². The van der Waals surface area contributed by atoms with Crippen LogP contribution in [0.4, 0.5) is 18.9 Å². The van der Waals surface area contributed by atoms with Gasteiger partial charge in [0.25, 0.3) is 5.91 Å². The number of hydrogen-bond acceptors (Lipinski definition) is 4. The molecule has 1 aromatic heterocycles. The van der Waals surface area contributed by atoms with E-state index in [9.17, 15) is 27.3 Å². The van der Waals surface area contributed by atoms with E-state index in [0.717, 1.165) is 0 Å². The zero-order valence-corrected chi connectivity index (χ0v) is 15.6. The predicted molar refractivity (Wildman–Crippen MR) is 96.4 cm³/mol. The number of nitrogens with one attached hydrogen (secondary N) is 3. The van der Waals surface area contributed by atoms with Crippen molar-refractivity contribution in [2.45, 2.75) is 24.0 Å². The van der Waals surface area contributed by atoms with Gasteiger partial charge in [0, 0.05) is 36.6 Å². The predicted octanol–water partition coefficient (Wildman–Crippen LogP) is 2.38. The van der Waals surface area contributed by atoms with Crippen molar-refractivity contribution in [3.05, 3.63) is 53.1 Å². The molecule has 1 unspecified atom stereocenters. The third kappa shape index (κ3) is 3.55. The zero-order valence-electron chi connectivity index (χ0n) is 14.8. The number of aliphatic hydroxyl groups excluding tert-OH is 1. The Morgan fingerprint density at radius 2 is 1.96 bits per heavy atom. The quantitative estimate of drug-likeness (QED) is 0.579.